The Hall–Kier alpha value is -2.32. The minimum Gasteiger partial charge on any atom is -0.365 e. The lowest BCUT2D eigenvalue weighted by atomic mass is 10.1. The van der Waals surface area contributed by atoms with Crippen molar-refractivity contribution in [3.8, 4) is 6.07 Å². The molecule has 0 atom stereocenters. The van der Waals surface area contributed by atoms with Crippen LogP contribution in [0.5, 0.6) is 0 Å². The summed E-state index contributed by atoms with van der Waals surface area (Å²) in [5.74, 6) is 1.62. The lowest BCUT2D eigenvalue weighted by Crippen LogP contribution is -2.30. The van der Waals surface area contributed by atoms with Crippen molar-refractivity contribution in [3.05, 3.63) is 46.7 Å². The molecule has 0 bridgehead atoms. The number of hydrogen-bond acceptors (Lipinski definition) is 5. The van der Waals surface area contributed by atoms with Crippen LogP contribution in [0.2, 0.25) is 5.02 Å². The van der Waals surface area contributed by atoms with Gasteiger partial charge in [-0.1, -0.05) is 11.6 Å². The van der Waals surface area contributed by atoms with E-state index in [1.54, 1.807) is 6.07 Å². The van der Waals surface area contributed by atoms with Crippen molar-refractivity contribution < 1.29 is 0 Å². The summed E-state index contributed by atoms with van der Waals surface area (Å²) in [5, 5.41) is 12.5. The van der Waals surface area contributed by atoms with Crippen molar-refractivity contribution in [2.75, 3.05) is 23.3 Å². The molecule has 118 valence electrons. The Morgan fingerprint density at radius 1 is 1.22 bits per heavy atom. The summed E-state index contributed by atoms with van der Waals surface area (Å²) in [6, 6.07) is 7.73. The molecule has 0 radical (unpaired) electrons. The molecule has 1 fully saturated rings. The molecule has 0 aromatic carbocycles. The van der Waals surface area contributed by atoms with Crippen LogP contribution in [0.1, 0.15) is 30.4 Å². The smallest absolute Gasteiger partial charge is 0.145 e. The van der Waals surface area contributed by atoms with Crippen LogP contribution >= 0.6 is 11.6 Å². The Balaban J connectivity index is 1.67. The first-order valence-corrected chi connectivity index (χ1v) is 8.13. The van der Waals surface area contributed by atoms with Gasteiger partial charge in [0.2, 0.25) is 0 Å². The van der Waals surface area contributed by atoms with Gasteiger partial charge in [-0.15, -0.1) is 0 Å². The van der Waals surface area contributed by atoms with Crippen LogP contribution in [-0.2, 0) is 6.54 Å². The zero-order valence-corrected chi connectivity index (χ0v) is 13.6. The molecular weight excluding hydrogens is 310 g/mol. The zero-order chi connectivity index (χ0) is 16.1. The average Bonchev–Trinajstić information content (AvgIpc) is 2.61. The van der Waals surface area contributed by atoms with Crippen LogP contribution in [0, 0.1) is 11.3 Å². The van der Waals surface area contributed by atoms with Crippen molar-refractivity contribution in [3.63, 3.8) is 0 Å². The number of nitrogens with zero attached hydrogens (tertiary/aromatic N) is 4. The van der Waals surface area contributed by atoms with E-state index in [2.05, 4.69) is 26.3 Å². The van der Waals surface area contributed by atoms with E-state index in [1.165, 1.54) is 25.5 Å². The van der Waals surface area contributed by atoms with Gasteiger partial charge in [-0.05, 0) is 43.0 Å². The first-order valence-electron chi connectivity index (χ1n) is 7.75. The highest BCUT2D eigenvalue weighted by molar-refractivity contribution is 6.33. The Morgan fingerprint density at radius 3 is 2.78 bits per heavy atom. The molecule has 1 aliphatic heterocycles. The molecule has 0 saturated carbocycles. The fourth-order valence-electron chi connectivity index (χ4n) is 2.68. The van der Waals surface area contributed by atoms with Gasteiger partial charge in [0, 0.05) is 32.0 Å². The summed E-state index contributed by atoms with van der Waals surface area (Å²) >= 11 is 6.13. The standard InChI is InChI=1S/C17H18ClN5/c18-15-8-14(10-19)12-22-17(15)21-11-13-4-5-20-16(9-13)23-6-2-1-3-7-23/h4-5,8-9,12H,1-3,6-7,11H2,(H,21,22). The van der Waals surface area contributed by atoms with Crippen LogP contribution in [0.3, 0.4) is 0 Å². The number of nitriles is 1. The summed E-state index contributed by atoms with van der Waals surface area (Å²) < 4.78 is 0. The fraction of sp³-hybridized carbons (Fsp3) is 0.353. The van der Waals surface area contributed by atoms with Gasteiger partial charge >= 0.3 is 0 Å². The molecule has 0 amide bonds. The van der Waals surface area contributed by atoms with Crippen molar-refractivity contribution in [2.24, 2.45) is 0 Å². The van der Waals surface area contributed by atoms with E-state index in [-0.39, 0.29) is 0 Å². The van der Waals surface area contributed by atoms with Gasteiger partial charge in [0.1, 0.15) is 17.7 Å². The van der Waals surface area contributed by atoms with E-state index < -0.39 is 0 Å². The van der Waals surface area contributed by atoms with Crippen LogP contribution in [0.4, 0.5) is 11.6 Å². The second-order valence-corrected chi connectivity index (χ2v) is 6.00. The topological polar surface area (TPSA) is 64.8 Å². The summed E-state index contributed by atoms with van der Waals surface area (Å²) in [4.78, 5) is 11.0. The van der Waals surface area contributed by atoms with Gasteiger partial charge in [0.05, 0.1) is 10.6 Å². The highest BCUT2D eigenvalue weighted by Gasteiger charge is 2.12. The van der Waals surface area contributed by atoms with Crippen molar-refractivity contribution in [1.82, 2.24) is 9.97 Å². The average molecular weight is 328 g/mol. The number of piperidine rings is 1. The van der Waals surface area contributed by atoms with Gasteiger partial charge in [0.25, 0.3) is 0 Å². The third-order valence-corrected chi connectivity index (χ3v) is 4.21. The summed E-state index contributed by atoms with van der Waals surface area (Å²) in [5.41, 5.74) is 1.58. The predicted molar refractivity (Wildman–Crippen MR) is 91.6 cm³/mol. The number of hydrogen-bond donors (Lipinski definition) is 1. The number of halogens is 1. The monoisotopic (exact) mass is 327 g/mol. The first-order chi connectivity index (χ1) is 11.3. The lowest BCUT2D eigenvalue weighted by molar-refractivity contribution is 0.573. The Bertz CT molecular complexity index is 719. The molecule has 1 aliphatic rings. The van der Waals surface area contributed by atoms with Gasteiger partial charge in [0.15, 0.2) is 0 Å². The van der Waals surface area contributed by atoms with Crippen LogP contribution < -0.4 is 10.2 Å². The summed E-state index contributed by atoms with van der Waals surface area (Å²) in [6.07, 6.45) is 7.12. The molecule has 23 heavy (non-hydrogen) atoms. The summed E-state index contributed by atoms with van der Waals surface area (Å²) in [7, 11) is 0. The maximum absolute atomic E-state index is 8.83. The zero-order valence-electron chi connectivity index (χ0n) is 12.8. The lowest BCUT2D eigenvalue weighted by Gasteiger charge is -2.27. The number of anilines is 2. The van der Waals surface area contributed by atoms with E-state index in [4.69, 9.17) is 16.9 Å². The molecule has 1 N–H and O–H groups in total. The van der Waals surface area contributed by atoms with Crippen LogP contribution in [0.15, 0.2) is 30.6 Å². The molecule has 2 aromatic heterocycles. The third-order valence-electron chi connectivity index (χ3n) is 3.92. The van der Waals surface area contributed by atoms with Crippen LogP contribution in [0.25, 0.3) is 0 Å². The number of aromatic nitrogens is 2. The molecule has 2 aromatic rings. The molecular formula is C17H18ClN5. The largest absolute Gasteiger partial charge is 0.365 e. The molecule has 6 heteroatoms. The van der Waals surface area contributed by atoms with Crippen molar-refractivity contribution >= 4 is 23.2 Å². The second kappa shape index (κ2) is 7.30. The van der Waals surface area contributed by atoms with Gasteiger partial charge in [-0.25, -0.2) is 9.97 Å². The van der Waals surface area contributed by atoms with Gasteiger partial charge < -0.3 is 10.2 Å². The molecule has 3 heterocycles. The van der Waals surface area contributed by atoms with Crippen molar-refractivity contribution in [1.29, 1.82) is 5.26 Å². The normalized spacial score (nSPS) is 14.3. The molecule has 3 rings (SSSR count). The SMILES string of the molecule is N#Cc1cnc(NCc2ccnc(N3CCCCC3)c2)c(Cl)c1. The number of rotatable bonds is 4. The highest BCUT2D eigenvalue weighted by atomic mass is 35.5. The summed E-state index contributed by atoms with van der Waals surface area (Å²) in [6.45, 7) is 2.77. The Labute approximate surface area is 140 Å². The third kappa shape index (κ3) is 3.91. The Morgan fingerprint density at radius 2 is 2.04 bits per heavy atom. The van der Waals surface area contributed by atoms with E-state index in [0.29, 0.717) is 22.9 Å². The minimum absolute atomic E-state index is 0.453. The Kier molecular flexibility index (Phi) is 4.94. The molecule has 5 nitrogen and oxygen atoms in total. The number of nitrogens with one attached hydrogen (secondary N) is 1. The minimum atomic E-state index is 0.453. The van der Waals surface area contributed by atoms with Gasteiger partial charge in [-0.2, -0.15) is 5.26 Å². The second-order valence-electron chi connectivity index (χ2n) is 5.59. The van der Waals surface area contributed by atoms with Crippen molar-refractivity contribution in [2.45, 2.75) is 25.8 Å². The van der Waals surface area contributed by atoms with E-state index >= 15 is 0 Å². The molecule has 0 aliphatic carbocycles. The van der Waals surface area contributed by atoms with E-state index in [1.807, 2.05) is 18.3 Å². The molecule has 0 spiro atoms. The maximum atomic E-state index is 8.83. The molecule has 1 saturated heterocycles. The van der Waals surface area contributed by atoms with Gasteiger partial charge in [-0.3, -0.25) is 0 Å². The van der Waals surface area contributed by atoms with Crippen LogP contribution in [-0.4, -0.2) is 23.1 Å². The van der Waals surface area contributed by atoms with E-state index in [9.17, 15) is 0 Å². The number of pyridine rings is 2. The highest BCUT2D eigenvalue weighted by Crippen LogP contribution is 2.22. The fourth-order valence-corrected chi connectivity index (χ4v) is 2.91. The quantitative estimate of drug-likeness (QED) is 0.929. The first kappa shape index (κ1) is 15.6. The molecule has 0 unspecified atom stereocenters. The maximum Gasteiger partial charge on any atom is 0.145 e. The predicted octanol–water partition coefficient (Wildman–Crippen LogP) is 3.60. The van der Waals surface area contributed by atoms with E-state index in [0.717, 1.165) is 24.5 Å².